The van der Waals surface area contributed by atoms with Crippen LogP contribution >= 0.6 is 0 Å². The van der Waals surface area contributed by atoms with Gasteiger partial charge in [-0.05, 0) is 30.9 Å². The van der Waals surface area contributed by atoms with E-state index < -0.39 is 0 Å². The summed E-state index contributed by atoms with van der Waals surface area (Å²) in [5.41, 5.74) is 3.13. The predicted molar refractivity (Wildman–Crippen MR) is 49.3 cm³/mol. The molecule has 0 heteroatoms. The summed E-state index contributed by atoms with van der Waals surface area (Å²) in [5, 5.41) is 0. The molecular formula is C11H17. The zero-order valence-corrected chi connectivity index (χ0v) is 7.61. The van der Waals surface area contributed by atoms with Crippen molar-refractivity contribution >= 4 is 0 Å². The highest BCUT2D eigenvalue weighted by molar-refractivity contribution is 5.29. The lowest BCUT2D eigenvalue weighted by Gasteiger charge is -2.03. The quantitative estimate of drug-likeness (QED) is 0.572. The van der Waals surface area contributed by atoms with E-state index in [1.165, 1.54) is 37.7 Å². The van der Waals surface area contributed by atoms with Crippen molar-refractivity contribution in [1.82, 2.24) is 0 Å². The molecule has 0 unspecified atom stereocenters. The summed E-state index contributed by atoms with van der Waals surface area (Å²) in [7, 11) is 0. The fraction of sp³-hybridized carbons (Fsp3) is 0.636. The first-order chi connectivity index (χ1) is 5.38. The Labute approximate surface area is 70.0 Å². The van der Waals surface area contributed by atoms with E-state index in [0.717, 1.165) is 0 Å². The summed E-state index contributed by atoms with van der Waals surface area (Å²) in [5.74, 6) is 0. The summed E-state index contributed by atoms with van der Waals surface area (Å²) >= 11 is 0. The number of hydrogen-bond donors (Lipinski definition) is 0. The molecule has 0 amide bonds. The normalized spacial score (nSPS) is 16.5. The molecule has 0 aliphatic heterocycles. The molecule has 0 aromatic heterocycles. The van der Waals surface area contributed by atoms with Crippen LogP contribution in [0.3, 0.4) is 0 Å². The maximum atomic E-state index is 3.35. The van der Waals surface area contributed by atoms with Gasteiger partial charge in [-0.25, -0.2) is 0 Å². The van der Waals surface area contributed by atoms with Gasteiger partial charge in [0.1, 0.15) is 0 Å². The van der Waals surface area contributed by atoms with Crippen LogP contribution in [0.15, 0.2) is 17.2 Å². The molecule has 0 saturated heterocycles. The van der Waals surface area contributed by atoms with Crippen molar-refractivity contribution in [2.75, 3.05) is 0 Å². The van der Waals surface area contributed by atoms with Crippen LogP contribution in [-0.4, -0.2) is 0 Å². The second-order valence-corrected chi connectivity index (χ2v) is 3.13. The van der Waals surface area contributed by atoms with Crippen molar-refractivity contribution in [2.45, 2.75) is 46.0 Å². The Bertz CT molecular complexity index is 172. The smallest absolute Gasteiger partial charge is 0.0123 e. The molecule has 0 aromatic rings. The summed E-state index contributed by atoms with van der Waals surface area (Å²) in [6.45, 7) is 4.48. The van der Waals surface area contributed by atoms with E-state index in [2.05, 4.69) is 26.0 Å². The Morgan fingerprint density at radius 2 is 2.00 bits per heavy atom. The molecule has 11 heavy (non-hydrogen) atoms. The molecule has 0 atom stereocenters. The molecule has 1 radical (unpaired) electrons. The number of allylic oxidation sites excluding steroid dienone is 4. The largest absolute Gasteiger partial charge is 0.0723 e. The van der Waals surface area contributed by atoms with Crippen LogP contribution < -0.4 is 0 Å². The fourth-order valence-corrected chi connectivity index (χ4v) is 1.58. The van der Waals surface area contributed by atoms with E-state index in [1.807, 2.05) is 0 Å². The van der Waals surface area contributed by atoms with Crippen molar-refractivity contribution in [3.8, 4) is 0 Å². The molecule has 0 spiro atoms. The van der Waals surface area contributed by atoms with Gasteiger partial charge in [0.15, 0.2) is 0 Å². The molecule has 0 N–H and O–H groups in total. The van der Waals surface area contributed by atoms with Crippen LogP contribution in [0.5, 0.6) is 0 Å². The second kappa shape index (κ2) is 4.38. The van der Waals surface area contributed by atoms with Crippen LogP contribution in [0, 0.1) is 6.08 Å². The maximum Gasteiger partial charge on any atom is -0.0123 e. The first-order valence-corrected chi connectivity index (χ1v) is 4.67. The molecule has 0 heterocycles. The van der Waals surface area contributed by atoms with Crippen LogP contribution in [0.1, 0.15) is 46.0 Å². The molecule has 61 valence electrons. The van der Waals surface area contributed by atoms with Crippen LogP contribution in [0.4, 0.5) is 0 Å². The summed E-state index contributed by atoms with van der Waals surface area (Å²) in [6.07, 6.45) is 11.7. The van der Waals surface area contributed by atoms with Crippen molar-refractivity contribution in [3.05, 3.63) is 23.3 Å². The van der Waals surface area contributed by atoms with Gasteiger partial charge in [-0.2, -0.15) is 0 Å². The maximum absolute atomic E-state index is 3.35. The van der Waals surface area contributed by atoms with E-state index in [4.69, 9.17) is 0 Å². The van der Waals surface area contributed by atoms with E-state index in [0.29, 0.717) is 0 Å². The third kappa shape index (κ3) is 2.21. The third-order valence-electron chi connectivity index (χ3n) is 2.10. The molecule has 0 aromatic carbocycles. The van der Waals surface area contributed by atoms with Crippen LogP contribution in [0.2, 0.25) is 0 Å². The molecule has 0 saturated carbocycles. The highest BCUT2D eigenvalue weighted by atomic mass is 14.1. The van der Waals surface area contributed by atoms with Gasteiger partial charge in [0, 0.05) is 0 Å². The minimum absolute atomic E-state index is 1.17. The molecule has 0 nitrogen and oxygen atoms in total. The highest BCUT2D eigenvalue weighted by Gasteiger charge is 2.06. The summed E-state index contributed by atoms with van der Waals surface area (Å²) in [6, 6.07) is 0. The monoisotopic (exact) mass is 149 g/mol. The van der Waals surface area contributed by atoms with Crippen molar-refractivity contribution in [2.24, 2.45) is 0 Å². The average molecular weight is 149 g/mol. The fourth-order valence-electron chi connectivity index (χ4n) is 1.58. The first kappa shape index (κ1) is 8.58. The average Bonchev–Trinajstić information content (AvgIpc) is 2.39. The van der Waals surface area contributed by atoms with Gasteiger partial charge in [0.2, 0.25) is 0 Å². The zero-order chi connectivity index (χ0) is 8.10. The number of rotatable bonds is 4. The van der Waals surface area contributed by atoms with Crippen LogP contribution in [-0.2, 0) is 0 Å². The minimum Gasteiger partial charge on any atom is -0.0723 e. The third-order valence-corrected chi connectivity index (χ3v) is 2.10. The summed E-state index contributed by atoms with van der Waals surface area (Å²) < 4.78 is 0. The molecule has 0 bridgehead atoms. The lowest BCUT2D eigenvalue weighted by atomic mass is 10.0. The summed E-state index contributed by atoms with van der Waals surface area (Å²) in [4.78, 5) is 0. The standard InChI is InChI=1S/C11H17/c1-3-6-10-8-5-9-11(10)7-4-2/h5H,3-4,6-8H2,1-2H3. The van der Waals surface area contributed by atoms with Gasteiger partial charge in [-0.15, -0.1) is 0 Å². The Hall–Kier alpha value is -0.520. The van der Waals surface area contributed by atoms with Gasteiger partial charge in [0.05, 0.1) is 0 Å². The van der Waals surface area contributed by atoms with E-state index >= 15 is 0 Å². The predicted octanol–water partition coefficient (Wildman–Crippen LogP) is 3.65. The van der Waals surface area contributed by atoms with E-state index in [1.54, 1.807) is 5.57 Å². The van der Waals surface area contributed by atoms with Gasteiger partial charge >= 0.3 is 0 Å². The molecule has 1 aliphatic carbocycles. The Morgan fingerprint density at radius 1 is 1.27 bits per heavy atom. The molecule has 1 aliphatic rings. The van der Waals surface area contributed by atoms with Crippen molar-refractivity contribution < 1.29 is 0 Å². The van der Waals surface area contributed by atoms with E-state index in [-0.39, 0.29) is 0 Å². The SMILES string of the molecule is CCCC1=C(CCC)CC=[C]1. The number of hydrogen-bond acceptors (Lipinski definition) is 0. The lowest BCUT2D eigenvalue weighted by molar-refractivity contribution is 0.845. The van der Waals surface area contributed by atoms with Gasteiger partial charge in [-0.1, -0.05) is 38.3 Å². The van der Waals surface area contributed by atoms with Gasteiger partial charge < -0.3 is 0 Å². The van der Waals surface area contributed by atoms with Crippen LogP contribution in [0.25, 0.3) is 0 Å². The van der Waals surface area contributed by atoms with Gasteiger partial charge in [0.25, 0.3) is 0 Å². The zero-order valence-electron chi connectivity index (χ0n) is 7.61. The van der Waals surface area contributed by atoms with E-state index in [9.17, 15) is 0 Å². The lowest BCUT2D eigenvalue weighted by Crippen LogP contribution is -1.84. The highest BCUT2D eigenvalue weighted by Crippen LogP contribution is 2.25. The molecular weight excluding hydrogens is 132 g/mol. The molecule has 1 rings (SSSR count). The van der Waals surface area contributed by atoms with Crippen molar-refractivity contribution in [1.29, 1.82) is 0 Å². The molecule has 0 fully saturated rings. The van der Waals surface area contributed by atoms with Gasteiger partial charge in [-0.3, -0.25) is 0 Å². The van der Waals surface area contributed by atoms with Crippen molar-refractivity contribution in [3.63, 3.8) is 0 Å². The Kier molecular flexibility index (Phi) is 3.41. The first-order valence-electron chi connectivity index (χ1n) is 4.67. The Balaban J connectivity index is 2.52. The minimum atomic E-state index is 1.17. The topological polar surface area (TPSA) is 0 Å². The second-order valence-electron chi connectivity index (χ2n) is 3.13. The Morgan fingerprint density at radius 3 is 2.64 bits per heavy atom.